The van der Waals surface area contributed by atoms with E-state index in [9.17, 15) is 14.0 Å². The van der Waals surface area contributed by atoms with Crippen molar-refractivity contribution in [3.63, 3.8) is 0 Å². The number of nitrogens with zero attached hydrogens (tertiary/aromatic N) is 2. The van der Waals surface area contributed by atoms with Crippen molar-refractivity contribution in [2.24, 2.45) is 0 Å². The van der Waals surface area contributed by atoms with E-state index in [1.54, 1.807) is 17.0 Å². The molecule has 2 aliphatic rings. The molecule has 2 saturated heterocycles. The van der Waals surface area contributed by atoms with Gasteiger partial charge in [0, 0.05) is 39.3 Å². The van der Waals surface area contributed by atoms with Gasteiger partial charge in [-0.1, -0.05) is 12.1 Å². The van der Waals surface area contributed by atoms with Crippen LogP contribution in [0, 0.1) is 5.82 Å². The smallest absolute Gasteiger partial charge is 0.237 e. The quantitative estimate of drug-likeness (QED) is 0.820. The van der Waals surface area contributed by atoms with Crippen LogP contribution in [0.5, 0.6) is 0 Å². The Kier molecular flexibility index (Phi) is 4.76. The third-order valence-electron chi connectivity index (χ3n) is 4.34. The number of benzene rings is 1. The molecule has 0 aliphatic carbocycles. The van der Waals surface area contributed by atoms with E-state index in [4.69, 9.17) is 0 Å². The topological polar surface area (TPSA) is 64.7 Å². The summed E-state index contributed by atoms with van der Waals surface area (Å²) in [5, 5.41) is 5.81. The van der Waals surface area contributed by atoms with Crippen molar-refractivity contribution in [1.29, 1.82) is 0 Å². The minimum Gasteiger partial charge on any atom is -0.366 e. The minimum absolute atomic E-state index is 0.0345. The molecule has 2 heterocycles. The van der Waals surface area contributed by atoms with Crippen LogP contribution < -0.4 is 15.5 Å². The van der Waals surface area contributed by atoms with Crippen LogP contribution in [0.3, 0.4) is 0 Å². The van der Waals surface area contributed by atoms with Crippen molar-refractivity contribution >= 4 is 17.5 Å². The lowest BCUT2D eigenvalue weighted by Crippen LogP contribution is -2.56. The Morgan fingerprint density at radius 1 is 1.17 bits per heavy atom. The van der Waals surface area contributed by atoms with Crippen LogP contribution in [0.25, 0.3) is 0 Å². The highest BCUT2D eigenvalue weighted by molar-refractivity contribution is 5.88. The lowest BCUT2D eigenvalue weighted by atomic mass is 10.1. The Morgan fingerprint density at radius 3 is 2.61 bits per heavy atom. The lowest BCUT2D eigenvalue weighted by Gasteiger charge is -2.37. The highest BCUT2D eigenvalue weighted by Gasteiger charge is 2.28. The molecular weight excluding hydrogens is 299 g/mol. The van der Waals surface area contributed by atoms with Crippen LogP contribution in [0.15, 0.2) is 24.3 Å². The Labute approximate surface area is 134 Å². The summed E-state index contributed by atoms with van der Waals surface area (Å²) < 4.78 is 13.8. The second kappa shape index (κ2) is 6.95. The zero-order valence-electron chi connectivity index (χ0n) is 12.9. The Balaban J connectivity index is 1.53. The van der Waals surface area contributed by atoms with Crippen LogP contribution >= 0.6 is 0 Å². The maximum atomic E-state index is 13.8. The molecule has 1 aromatic rings. The molecule has 0 spiro atoms. The summed E-state index contributed by atoms with van der Waals surface area (Å²) in [4.78, 5) is 27.7. The molecule has 7 heteroatoms. The summed E-state index contributed by atoms with van der Waals surface area (Å²) in [6.45, 7) is 3.56. The number of halogens is 1. The number of para-hydroxylation sites is 1. The van der Waals surface area contributed by atoms with Crippen LogP contribution in [-0.4, -0.2) is 62.0 Å². The van der Waals surface area contributed by atoms with Crippen molar-refractivity contribution in [2.45, 2.75) is 12.5 Å². The summed E-state index contributed by atoms with van der Waals surface area (Å²) in [6, 6.07) is 6.23. The highest BCUT2D eigenvalue weighted by Crippen LogP contribution is 2.20. The van der Waals surface area contributed by atoms with E-state index in [1.165, 1.54) is 6.07 Å². The van der Waals surface area contributed by atoms with Gasteiger partial charge in [-0.15, -0.1) is 0 Å². The molecule has 6 nitrogen and oxygen atoms in total. The highest BCUT2D eigenvalue weighted by atomic mass is 19.1. The van der Waals surface area contributed by atoms with Crippen LogP contribution in [0.4, 0.5) is 10.1 Å². The van der Waals surface area contributed by atoms with E-state index in [-0.39, 0.29) is 24.1 Å². The van der Waals surface area contributed by atoms with E-state index in [0.29, 0.717) is 45.0 Å². The number of hydrogen-bond donors (Lipinski definition) is 2. The molecule has 124 valence electrons. The number of nitrogens with one attached hydrogen (secondary N) is 2. The molecule has 0 bridgehead atoms. The van der Waals surface area contributed by atoms with E-state index < -0.39 is 6.04 Å². The van der Waals surface area contributed by atoms with Crippen LogP contribution in [-0.2, 0) is 9.59 Å². The maximum absolute atomic E-state index is 13.8. The number of amides is 2. The molecule has 2 aliphatic heterocycles. The fourth-order valence-electron chi connectivity index (χ4n) is 3.02. The number of hydrogen-bond acceptors (Lipinski definition) is 4. The van der Waals surface area contributed by atoms with Gasteiger partial charge in [0.05, 0.1) is 18.2 Å². The molecule has 0 radical (unpaired) electrons. The van der Waals surface area contributed by atoms with Crippen molar-refractivity contribution in [3.05, 3.63) is 30.1 Å². The number of rotatable bonds is 3. The molecule has 1 unspecified atom stereocenters. The van der Waals surface area contributed by atoms with Gasteiger partial charge in [0.2, 0.25) is 11.8 Å². The van der Waals surface area contributed by atoms with Gasteiger partial charge in [-0.05, 0) is 12.1 Å². The monoisotopic (exact) mass is 320 g/mol. The van der Waals surface area contributed by atoms with Gasteiger partial charge in [-0.25, -0.2) is 4.39 Å². The molecule has 3 rings (SSSR count). The normalized spacial score (nSPS) is 22.0. The average molecular weight is 320 g/mol. The first-order chi connectivity index (χ1) is 11.1. The SMILES string of the molecule is O=C1NCCNC1CC(=O)N1CCN(c2ccccc2F)CC1. The van der Waals surface area contributed by atoms with Crippen molar-refractivity contribution in [2.75, 3.05) is 44.2 Å². The lowest BCUT2D eigenvalue weighted by molar-refractivity contribution is -0.135. The number of anilines is 1. The first-order valence-corrected chi connectivity index (χ1v) is 7.93. The molecule has 0 aromatic heterocycles. The molecule has 2 fully saturated rings. The van der Waals surface area contributed by atoms with Gasteiger partial charge >= 0.3 is 0 Å². The van der Waals surface area contributed by atoms with Crippen LogP contribution in [0.1, 0.15) is 6.42 Å². The third kappa shape index (κ3) is 3.61. The van der Waals surface area contributed by atoms with E-state index >= 15 is 0 Å². The minimum atomic E-state index is -0.444. The first-order valence-electron chi connectivity index (χ1n) is 7.93. The standard InChI is InChI=1S/C16H21FN4O2/c17-12-3-1-2-4-14(12)20-7-9-21(10-8-20)15(22)11-13-16(23)19-6-5-18-13/h1-4,13,18H,5-11H2,(H,19,23). The van der Waals surface area contributed by atoms with Crippen LogP contribution in [0.2, 0.25) is 0 Å². The first kappa shape index (κ1) is 15.7. The largest absolute Gasteiger partial charge is 0.366 e. The number of carbonyl (C=O) groups excluding carboxylic acids is 2. The second-order valence-electron chi connectivity index (χ2n) is 5.82. The molecular formula is C16H21FN4O2. The predicted molar refractivity (Wildman–Crippen MR) is 84.6 cm³/mol. The van der Waals surface area contributed by atoms with Crippen molar-refractivity contribution in [3.8, 4) is 0 Å². The Bertz CT molecular complexity index is 587. The van der Waals surface area contributed by atoms with Crippen molar-refractivity contribution in [1.82, 2.24) is 15.5 Å². The number of carbonyl (C=O) groups is 2. The van der Waals surface area contributed by atoms with E-state index in [2.05, 4.69) is 10.6 Å². The zero-order chi connectivity index (χ0) is 16.2. The summed E-state index contributed by atoms with van der Waals surface area (Å²) in [6.07, 6.45) is 0.172. The molecule has 2 amide bonds. The second-order valence-corrected chi connectivity index (χ2v) is 5.82. The summed E-state index contributed by atoms with van der Waals surface area (Å²) >= 11 is 0. The molecule has 1 aromatic carbocycles. The molecule has 0 saturated carbocycles. The fourth-order valence-corrected chi connectivity index (χ4v) is 3.02. The van der Waals surface area contributed by atoms with E-state index in [1.807, 2.05) is 11.0 Å². The molecule has 1 atom stereocenters. The van der Waals surface area contributed by atoms with Gasteiger partial charge in [-0.2, -0.15) is 0 Å². The molecule has 2 N–H and O–H groups in total. The van der Waals surface area contributed by atoms with Gasteiger partial charge < -0.3 is 20.4 Å². The summed E-state index contributed by atoms with van der Waals surface area (Å²) in [5.74, 6) is -0.391. The zero-order valence-corrected chi connectivity index (χ0v) is 12.9. The summed E-state index contributed by atoms with van der Waals surface area (Å²) in [7, 11) is 0. The van der Waals surface area contributed by atoms with Crippen molar-refractivity contribution < 1.29 is 14.0 Å². The fraction of sp³-hybridized carbons (Fsp3) is 0.500. The Hall–Kier alpha value is -2.15. The third-order valence-corrected chi connectivity index (χ3v) is 4.34. The maximum Gasteiger partial charge on any atom is 0.237 e. The number of piperazine rings is 2. The predicted octanol–water partition coefficient (Wildman–Crippen LogP) is -0.0476. The molecule has 23 heavy (non-hydrogen) atoms. The van der Waals surface area contributed by atoms with Gasteiger partial charge in [0.15, 0.2) is 0 Å². The van der Waals surface area contributed by atoms with Gasteiger partial charge in [-0.3, -0.25) is 9.59 Å². The average Bonchev–Trinajstić information content (AvgIpc) is 2.57. The van der Waals surface area contributed by atoms with Gasteiger partial charge in [0.1, 0.15) is 5.82 Å². The van der Waals surface area contributed by atoms with E-state index in [0.717, 1.165) is 0 Å². The summed E-state index contributed by atoms with van der Waals surface area (Å²) in [5.41, 5.74) is 0.577. The Morgan fingerprint density at radius 2 is 1.91 bits per heavy atom. The van der Waals surface area contributed by atoms with Gasteiger partial charge in [0.25, 0.3) is 0 Å².